The molecule has 21 heavy (non-hydrogen) atoms. The highest BCUT2D eigenvalue weighted by molar-refractivity contribution is 5.90. The van der Waals surface area contributed by atoms with E-state index >= 15 is 0 Å². The summed E-state index contributed by atoms with van der Waals surface area (Å²) in [6, 6.07) is 13.8. The van der Waals surface area contributed by atoms with Gasteiger partial charge in [-0.05, 0) is 17.7 Å². The molecule has 1 amide bonds. The molecule has 5 nitrogen and oxygen atoms in total. The summed E-state index contributed by atoms with van der Waals surface area (Å²) < 4.78 is 5.09. The largest absolute Gasteiger partial charge is 0.459 e. The molecule has 110 valence electrons. The molecule has 5 heteroatoms. The standard InChI is InChI=1S/C16H19N3O2/c20-16(15-7-4-12-21-15)17-19-10-8-18(9-11-19)13-14-5-2-1-3-6-14/h1-7,12H,8-11,13H2,(H,17,20). The molecule has 0 saturated carbocycles. The number of hydrogen-bond donors (Lipinski definition) is 1. The van der Waals surface area contributed by atoms with Gasteiger partial charge in [0, 0.05) is 32.7 Å². The molecule has 0 unspecified atom stereocenters. The van der Waals surface area contributed by atoms with Crippen molar-refractivity contribution in [2.45, 2.75) is 6.54 Å². The summed E-state index contributed by atoms with van der Waals surface area (Å²) in [5.74, 6) is 0.165. The lowest BCUT2D eigenvalue weighted by atomic mass is 10.2. The Morgan fingerprint density at radius 3 is 2.48 bits per heavy atom. The first kappa shape index (κ1) is 13.9. The molecule has 2 heterocycles. The molecule has 1 fully saturated rings. The van der Waals surface area contributed by atoms with Crippen molar-refractivity contribution in [1.29, 1.82) is 0 Å². The fourth-order valence-corrected chi connectivity index (χ4v) is 2.47. The van der Waals surface area contributed by atoms with Crippen LogP contribution in [0.25, 0.3) is 0 Å². The molecule has 0 atom stereocenters. The highest BCUT2D eigenvalue weighted by atomic mass is 16.3. The molecular formula is C16H19N3O2. The van der Waals surface area contributed by atoms with Gasteiger partial charge < -0.3 is 4.42 Å². The third-order valence-corrected chi connectivity index (χ3v) is 3.63. The first-order chi connectivity index (χ1) is 10.3. The van der Waals surface area contributed by atoms with Crippen LogP contribution in [0.2, 0.25) is 0 Å². The monoisotopic (exact) mass is 285 g/mol. The van der Waals surface area contributed by atoms with E-state index in [2.05, 4.69) is 34.6 Å². The van der Waals surface area contributed by atoms with Crippen molar-refractivity contribution in [2.75, 3.05) is 26.2 Å². The van der Waals surface area contributed by atoms with Crippen molar-refractivity contribution in [3.8, 4) is 0 Å². The van der Waals surface area contributed by atoms with Gasteiger partial charge in [-0.2, -0.15) is 0 Å². The molecule has 1 aliphatic rings. The predicted molar refractivity (Wildman–Crippen MR) is 79.5 cm³/mol. The molecular weight excluding hydrogens is 266 g/mol. The lowest BCUT2D eigenvalue weighted by Crippen LogP contribution is -2.53. The van der Waals surface area contributed by atoms with Crippen molar-refractivity contribution in [2.24, 2.45) is 0 Å². The van der Waals surface area contributed by atoms with Gasteiger partial charge in [0.25, 0.3) is 0 Å². The Balaban J connectivity index is 1.46. The molecule has 0 bridgehead atoms. The van der Waals surface area contributed by atoms with Crippen molar-refractivity contribution >= 4 is 5.91 Å². The van der Waals surface area contributed by atoms with E-state index in [4.69, 9.17) is 4.42 Å². The van der Waals surface area contributed by atoms with Crippen LogP contribution >= 0.6 is 0 Å². The number of carbonyl (C=O) groups excluding carboxylic acids is 1. The second-order valence-corrected chi connectivity index (χ2v) is 5.17. The van der Waals surface area contributed by atoms with Crippen LogP contribution in [-0.2, 0) is 6.54 Å². The van der Waals surface area contributed by atoms with E-state index < -0.39 is 0 Å². The van der Waals surface area contributed by atoms with Gasteiger partial charge in [0.2, 0.25) is 0 Å². The molecule has 1 aromatic carbocycles. The lowest BCUT2D eigenvalue weighted by molar-refractivity contribution is 0.0581. The summed E-state index contributed by atoms with van der Waals surface area (Å²) in [5.41, 5.74) is 4.20. The minimum absolute atomic E-state index is 0.184. The Kier molecular flexibility index (Phi) is 4.33. The summed E-state index contributed by atoms with van der Waals surface area (Å²) in [4.78, 5) is 14.3. The number of hydrogen-bond acceptors (Lipinski definition) is 4. The van der Waals surface area contributed by atoms with Gasteiger partial charge in [-0.3, -0.25) is 15.1 Å². The average molecular weight is 285 g/mol. The number of benzene rings is 1. The zero-order chi connectivity index (χ0) is 14.5. The number of amides is 1. The van der Waals surface area contributed by atoms with Gasteiger partial charge in [-0.1, -0.05) is 30.3 Å². The summed E-state index contributed by atoms with van der Waals surface area (Å²) in [5, 5.41) is 1.95. The number of nitrogens with one attached hydrogen (secondary N) is 1. The van der Waals surface area contributed by atoms with Crippen LogP contribution in [0.3, 0.4) is 0 Å². The molecule has 0 aliphatic carbocycles. The fraction of sp³-hybridized carbons (Fsp3) is 0.312. The highest BCUT2D eigenvalue weighted by Gasteiger charge is 2.19. The van der Waals surface area contributed by atoms with E-state index in [1.807, 2.05) is 11.1 Å². The van der Waals surface area contributed by atoms with E-state index in [9.17, 15) is 4.79 Å². The predicted octanol–water partition coefficient (Wildman–Crippen LogP) is 1.74. The molecule has 0 spiro atoms. The molecule has 3 rings (SSSR count). The second-order valence-electron chi connectivity index (χ2n) is 5.17. The zero-order valence-electron chi connectivity index (χ0n) is 11.9. The number of hydrazine groups is 1. The number of rotatable bonds is 4. The van der Waals surface area contributed by atoms with E-state index in [1.165, 1.54) is 11.8 Å². The van der Waals surface area contributed by atoms with Gasteiger partial charge >= 0.3 is 5.91 Å². The first-order valence-electron chi connectivity index (χ1n) is 7.17. The van der Waals surface area contributed by atoms with Crippen LogP contribution in [0.5, 0.6) is 0 Å². The number of nitrogens with zero attached hydrogens (tertiary/aromatic N) is 2. The summed E-state index contributed by atoms with van der Waals surface area (Å²) >= 11 is 0. The summed E-state index contributed by atoms with van der Waals surface area (Å²) in [6.07, 6.45) is 1.51. The van der Waals surface area contributed by atoms with E-state index in [1.54, 1.807) is 12.1 Å². The zero-order valence-corrected chi connectivity index (χ0v) is 11.9. The molecule has 1 aliphatic heterocycles. The van der Waals surface area contributed by atoms with Crippen LogP contribution in [0.1, 0.15) is 16.1 Å². The van der Waals surface area contributed by atoms with E-state index in [0.29, 0.717) is 5.76 Å². The van der Waals surface area contributed by atoms with Gasteiger partial charge in [0.1, 0.15) is 0 Å². The Hall–Kier alpha value is -2.11. The van der Waals surface area contributed by atoms with Crippen LogP contribution < -0.4 is 5.43 Å². The maximum atomic E-state index is 11.9. The molecule has 1 N–H and O–H groups in total. The van der Waals surface area contributed by atoms with Crippen LogP contribution in [0.15, 0.2) is 53.1 Å². The van der Waals surface area contributed by atoms with Gasteiger partial charge in [0.15, 0.2) is 5.76 Å². The lowest BCUT2D eigenvalue weighted by Gasteiger charge is -2.34. The average Bonchev–Trinajstić information content (AvgIpc) is 3.05. The van der Waals surface area contributed by atoms with E-state index in [0.717, 1.165) is 32.7 Å². The Labute approximate surface area is 124 Å². The Morgan fingerprint density at radius 2 is 1.81 bits per heavy atom. The quantitative estimate of drug-likeness (QED) is 0.929. The minimum Gasteiger partial charge on any atom is -0.459 e. The summed E-state index contributed by atoms with van der Waals surface area (Å²) in [6.45, 7) is 4.47. The van der Waals surface area contributed by atoms with Gasteiger partial charge in [-0.25, -0.2) is 5.01 Å². The van der Waals surface area contributed by atoms with Gasteiger partial charge in [0.05, 0.1) is 6.26 Å². The number of carbonyl (C=O) groups is 1. The molecule has 1 saturated heterocycles. The van der Waals surface area contributed by atoms with Crippen LogP contribution in [-0.4, -0.2) is 42.0 Å². The third kappa shape index (κ3) is 3.71. The molecule has 0 radical (unpaired) electrons. The maximum absolute atomic E-state index is 11.9. The van der Waals surface area contributed by atoms with Crippen molar-refractivity contribution < 1.29 is 9.21 Å². The normalized spacial score (nSPS) is 16.8. The topological polar surface area (TPSA) is 48.7 Å². The number of piperazine rings is 1. The van der Waals surface area contributed by atoms with Crippen LogP contribution in [0.4, 0.5) is 0 Å². The van der Waals surface area contributed by atoms with Crippen molar-refractivity contribution in [3.63, 3.8) is 0 Å². The highest BCUT2D eigenvalue weighted by Crippen LogP contribution is 2.08. The first-order valence-corrected chi connectivity index (χ1v) is 7.17. The van der Waals surface area contributed by atoms with E-state index in [-0.39, 0.29) is 5.91 Å². The summed E-state index contributed by atoms with van der Waals surface area (Å²) in [7, 11) is 0. The fourth-order valence-electron chi connectivity index (χ4n) is 2.47. The Morgan fingerprint density at radius 1 is 1.05 bits per heavy atom. The third-order valence-electron chi connectivity index (χ3n) is 3.63. The number of furan rings is 1. The van der Waals surface area contributed by atoms with Gasteiger partial charge in [-0.15, -0.1) is 0 Å². The molecule has 2 aromatic rings. The second kappa shape index (κ2) is 6.56. The smallest absolute Gasteiger partial charge is 0.301 e. The molecule has 1 aromatic heterocycles. The van der Waals surface area contributed by atoms with Crippen molar-refractivity contribution in [3.05, 3.63) is 60.1 Å². The SMILES string of the molecule is O=C(NN1CCN(Cc2ccccc2)CC1)c1ccco1. The minimum atomic E-state index is -0.184. The van der Waals surface area contributed by atoms with Crippen molar-refractivity contribution in [1.82, 2.24) is 15.3 Å². The van der Waals surface area contributed by atoms with Crippen LogP contribution in [0, 0.1) is 0 Å². The Bertz CT molecular complexity index is 560. The maximum Gasteiger partial charge on any atom is 0.301 e.